The molecule has 0 unspecified atom stereocenters. The van der Waals surface area contributed by atoms with Crippen LogP contribution in [0.5, 0.6) is 5.75 Å². The van der Waals surface area contributed by atoms with Gasteiger partial charge in [0.1, 0.15) is 29.7 Å². The van der Waals surface area contributed by atoms with Crippen LogP contribution in [0, 0.1) is 5.92 Å². The predicted molar refractivity (Wildman–Crippen MR) is 152 cm³/mol. The quantitative estimate of drug-likeness (QED) is 0.0658. The summed E-state index contributed by atoms with van der Waals surface area (Å²) >= 11 is 0.963. The van der Waals surface area contributed by atoms with Crippen LogP contribution in [-0.4, -0.2) is 98.4 Å². The molecule has 2 aliphatic heterocycles. The van der Waals surface area contributed by atoms with Gasteiger partial charge in [-0.3, -0.25) is 14.1 Å². The number of imidazole rings is 1. The molecule has 20 heteroatoms. The highest BCUT2D eigenvalue weighted by atomic mass is 32.3. The second-order valence-corrected chi connectivity index (χ2v) is 12.4. The summed E-state index contributed by atoms with van der Waals surface area (Å²) in [5.41, 5.74) is 5.30. The molecule has 2 aliphatic rings. The molecule has 0 radical (unpaired) electrons. The minimum atomic E-state index is -5.01. The smallest absolute Gasteiger partial charge is 0.418 e. The largest absolute Gasteiger partial charge is 0.487 e. The minimum Gasteiger partial charge on any atom is -0.487 e. The van der Waals surface area contributed by atoms with E-state index in [4.69, 9.17) is 19.9 Å². The van der Waals surface area contributed by atoms with Gasteiger partial charge in [0, 0.05) is 11.6 Å². The third kappa shape index (κ3) is 6.73. The van der Waals surface area contributed by atoms with Gasteiger partial charge in [0.15, 0.2) is 10.8 Å². The van der Waals surface area contributed by atoms with Crippen LogP contribution in [0.15, 0.2) is 35.1 Å². The zero-order chi connectivity index (χ0) is 31.8. The molecule has 2 saturated heterocycles. The van der Waals surface area contributed by atoms with Crippen molar-refractivity contribution in [1.29, 1.82) is 0 Å². The maximum absolute atomic E-state index is 13.2. The van der Waals surface area contributed by atoms with E-state index in [2.05, 4.69) is 30.0 Å². The van der Waals surface area contributed by atoms with Gasteiger partial charge in [-0.25, -0.2) is 14.8 Å². The molecule has 18 nitrogen and oxygen atoms in total. The third-order valence-corrected chi connectivity index (χ3v) is 7.90. The molecule has 2 amide bonds. The van der Waals surface area contributed by atoms with Crippen molar-refractivity contribution in [3.63, 3.8) is 0 Å². The number of thiazole rings is 1. The predicted octanol–water partition coefficient (Wildman–Crippen LogP) is -0.772. The number of rotatable bonds is 13. The number of oxime groups is 1. The van der Waals surface area contributed by atoms with Crippen LogP contribution >= 0.6 is 11.3 Å². The third-order valence-electron chi connectivity index (χ3n) is 6.89. The van der Waals surface area contributed by atoms with Crippen molar-refractivity contribution < 1.29 is 46.3 Å². The van der Waals surface area contributed by atoms with E-state index in [1.165, 1.54) is 19.2 Å². The lowest BCUT2D eigenvalue weighted by Gasteiger charge is -2.50. The summed E-state index contributed by atoms with van der Waals surface area (Å²) in [7, 11) is -5.01. The average Bonchev–Trinajstić information content (AvgIpc) is 3.54. The highest BCUT2D eigenvalue weighted by molar-refractivity contribution is 7.80. The minimum absolute atomic E-state index is 0.0637. The van der Waals surface area contributed by atoms with E-state index >= 15 is 0 Å². The van der Waals surface area contributed by atoms with Crippen LogP contribution in [0.3, 0.4) is 0 Å². The van der Waals surface area contributed by atoms with Gasteiger partial charge in [0.25, 0.3) is 17.9 Å². The van der Waals surface area contributed by atoms with Crippen LogP contribution in [0.25, 0.3) is 5.65 Å². The SMILES string of the molecule is CC1(C)[C@H](NC(=O)/C(=N\O[C@@H](COc2ccc3nc(CC4CNC4)cn3c2)C(=O)O)c2csc(N)n2)C(=O)N1OS(=O)(=O)O. The normalized spacial score (nSPS) is 19.2. The Morgan fingerprint density at radius 1 is 1.30 bits per heavy atom. The Hall–Kier alpha value is -4.37. The number of nitrogens with zero attached hydrogens (tertiary/aromatic N) is 5. The summed E-state index contributed by atoms with van der Waals surface area (Å²) in [5, 5.41) is 20.8. The number of hydrogen-bond donors (Lipinski definition) is 5. The van der Waals surface area contributed by atoms with Gasteiger partial charge in [-0.1, -0.05) is 5.16 Å². The molecule has 0 aromatic carbocycles. The standard InChI is InChI=1S/C24H28N8O10S2/c1-24(2)19(21(34)32(24)42-44(37,38)39)29-20(33)18(15-11-43-23(25)28-15)30-41-16(22(35)36)10-40-14-3-4-17-27-13(8-31(17)9-14)5-12-6-26-7-12/h3-4,8-9,11-12,16,19,26H,5-7,10H2,1-2H3,(H2,25,28)(H,29,33)(H,35,36)(H,37,38,39)/b30-18-/t16-,19+/m0/s1. The second kappa shape index (κ2) is 12.0. The summed E-state index contributed by atoms with van der Waals surface area (Å²) in [6.07, 6.45) is 2.69. The molecule has 2 atom stereocenters. The van der Waals surface area contributed by atoms with Crippen molar-refractivity contribution in [3.8, 4) is 5.75 Å². The highest BCUT2D eigenvalue weighted by Crippen LogP contribution is 2.33. The number of nitrogens with one attached hydrogen (secondary N) is 2. The Morgan fingerprint density at radius 2 is 2.05 bits per heavy atom. The Balaban J connectivity index is 1.27. The highest BCUT2D eigenvalue weighted by Gasteiger charge is 2.58. The average molecular weight is 653 g/mol. The first-order valence-corrected chi connectivity index (χ1v) is 15.3. The van der Waals surface area contributed by atoms with E-state index in [0.717, 1.165) is 36.5 Å². The molecule has 236 valence electrons. The molecule has 0 bridgehead atoms. The first-order valence-electron chi connectivity index (χ1n) is 13.0. The van der Waals surface area contributed by atoms with Gasteiger partial charge in [-0.15, -0.1) is 15.6 Å². The molecule has 0 spiro atoms. The van der Waals surface area contributed by atoms with Crippen LogP contribution in [0.1, 0.15) is 25.2 Å². The number of carboxylic acids is 1. The monoisotopic (exact) mass is 652 g/mol. The molecule has 3 aromatic heterocycles. The number of pyridine rings is 1. The number of fused-ring (bicyclic) bond motifs is 1. The lowest BCUT2D eigenvalue weighted by Crippen LogP contribution is -2.76. The number of carboxylic acid groups (broad SMARTS) is 1. The van der Waals surface area contributed by atoms with Crippen LogP contribution < -0.4 is 21.1 Å². The van der Waals surface area contributed by atoms with Crippen molar-refractivity contribution in [3.05, 3.63) is 41.3 Å². The summed E-state index contributed by atoms with van der Waals surface area (Å²) in [6.45, 7) is 4.13. The van der Waals surface area contributed by atoms with E-state index < -0.39 is 58.2 Å². The number of hydrogen-bond acceptors (Lipinski definition) is 14. The molecule has 2 fully saturated rings. The van der Waals surface area contributed by atoms with Crippen LogP contribution in [-0.2, 0) is 40.3 Å². The number of ether oxygens (including phenoxy) is 1. The first-order chi connectivity index (χ1) is 20.7. The molecule has 0 aliphatic carbocycles. The van der Waals surface area contributed by atoms with E-state index in [-0.39, 0.29) is 10.8 Å². The van der Waals surface area contributed by atoms with E-state index in [1.54, 1.807) is 22.7 Å². The van der Waals surface area contributed by atoms with Crippen molar-refractivity contribution in [2.45, 2.75) is 38.0 Å². The van der Waals surface area contributed by atoms with Gasteiger partial charge in [0.05, 0.1) is 17.4 Å². The number of hydroxylamine groups is 2. The number of nitrogen functional groups attached to an aromatic ring is 1. The van der Waals surface area contributed by atoms with Gasteiger partial charge >= 0.3 is 16.4 Å². The summed E-state index contributed by atoms with van der Waals surface area (Å²) in [5.74, 6) is -2.58. The Morgan fingerprint density at radius 3 is 2.64 bits per heavy atom. The Kier molecular flexibility index (Phi) is 8.44. The van der Waals surface area contributed by atoms with E-state index in [9.17, 15) is 27.9 Å². The molecule has 3 aromatic rings. The fourth-order valence-corrected chi connectivity index (χ4v) is 5.45. The fourth-order valence-electron chi connectivity index (χ4n) is 4.45. The number of β-lactam (4-membered cyclic amide) rings is 1. The number of nitrogens with two attached hydrogens (primary N) is 1. The topological polar surface area (TPSA) is 249 Å². The number of carbonyl (C=O) groups excluding carboxylic acids is 2. The van der Waals surface area contributed by atoms with Crippen LogP contribution in [0.4, 0.5) is 5.13 Å². The first kappa shape index (κ1) is 31.1. The number of anilines is 1. The molecule has 0 saturated carbocycles. The van der Waals surface area contributed by atoms with Crippen LogP contribution in [0.2, 0.25) is 0 Å². The Labute approximate surface area is 253 Å². The fraction of sp³-hybridized carbons (Fsp3) is 0.417. The number of amides is 2. The van der Waals surface area contributed by atoms with Gasteiger partial charge in [-0.2, -0.15) is 13.5 Å². The van der Waals surface area contributed by atoms with Crippen molar-refractivity contribution in [2.75, 3.05) is 25.4 Å². The number of carbonyl (C=O) groups is 3. The summed E-state index contributed by atoms with van der Waals surface area (Å²) < 4.78 is 42.8. The molecular weight excluding hydrogens is 624 g/mol. The lowest BCUT2D eigenvalue weighted by molar-refractivity contribution is -0.218. The molecule has 5 rings (SSSR count). The Bertz CT molecular complexity index is 1730. The van der Waals surface area contributed by atoms with Crippen molar-refractivity contribution in [2.24, 2.45) is 11.1 Å². The summed E-state index contributed by atoms with van der Waals surface area (Å²) in [4.78, 5) is 51.4. The van der Waals surface area contributed by atoms with E-state index in [1.807, 2.05) is 6.20 Å². The summed E-state index contributed by atoms with van der Waals surface area (Å²) in [6, 6.07) is 2.04. The lowest BCUT2D eigenvalue weighted by atomic mass is 9.84. The second-order valence-electron chi connectivity index (χ2n) is 10.5. The molecule has 44 heavy (non-hydrogen) atoms. The maximum Gasteiger partial charge on any atom is 0.418 e. The zero-order valence-corrected chi connectivity index (χ0v) is 24.9. The van der Waals surface area contributed by atoms with Crippen molar-refractivity contribution >= 4 is 56.0 Å². The zero-order valence-electron chi connectivity index (χ0n) is 23.2. The van der Waals surface area contributed by atoms with E-state index in [0.29, 0.717) is 22.4 Å². The molecule has 5 heterocycles. The number of aromatic nitrogens is 3. The van der Waals surface area contributed by atoms with Gasteiger partial charge in [0.2, 0.25) is 0 Å². The van der Waals surface area contributed by atoms with Crippen molar-refractivity contribution in [1.82, 2.24) is 30.1 Å². The molecular formula is C24H28N8O10S2. The molecule has 6 N–H and O–H groups in total. The van der Waals surface area contributed by atoms with Gasteiger partial charge < -0.3 is 35.4 Å². The van der Waals surface area contributed by atoms with Gasteiger partial charge in [-0.05, 0) is 51.4 Å². The maximum atomic E-state index is 13.2. The number of aliphatic carboxylic acids is 1.